The van der Waals surface area contributed by atoms with E-state index in [1.807, 2.05) is 6.07 Å². The van der Waals surface area contributed by atoms with E-state index in [1.54, 1.807) is 13.1 Å². The summed E-state index contributed by atoms with van der Waals surface area (Å²) in [5, 5.41) is 11.4. The van der Waals surface area contributed by atoms with Crippen LogP contribution < -0.4 is 11.1 Å². The van der Waals surface area contributed by atoms with E-state index < -0.39 is 0 Å². The predicted molar refractivity (Wildman–Crippen MR) is 42.9 cm³/mol. The lowest BCUT2D eigenvalue weighted by molar-refractivity contribution is 1.30. The molecule has 0 saturated heterocycles. The Hall–Kier alpha value is -1.76. The van der Waals surface area contributed by atoms with Crippen molar-refractivity contribution in [2.45, 2.75) is 0 Å². The van der Waals surface area contributed by atoms with Crippen LogP contribution >= 0.6 is 0 Å². The number of nitriles is 1. The molecule has 1 heterocycles. The summed E-state index contributed by atoms with van der Waals surface area (Å²) in [6.45, 7) is 0. The standard InChI is InChI=1S/C7H8N4/c1-10-6-2-7(9)11-4-5(6)3-8/h2,4H,1H3,(H3,9,10,11). The average Bonchev–Trinajstić information content (AvgIpc) is 2.04. The minimum Gasteiger partial charge on any atom is -0.387 e. The minimum absolute atomic E-state index is 0.411. The van der Waals surface area contributed by atoms with Gasteiger partial charge in [0.15, 0.2) is 0 Å². The fourth-order valence-corrected chi connectivity index (χ4v) is 0.767. The van der Waals surface area contributed by atoms with Gasteiger partial charge in [-0.2, -0.15) is 5.26 Å². The summed E-state index contributed by atoms with van der Waals surface area (Å²) >= 11 is 0. The number of nitrogen functional groups attached to an aromatic ring is 1. The number of nitrogens with zero attached hydrogens (tertiary/aromatic N) is 2. The summed E-state index contributed by atoms with van der Waals surface area (Å²) in [6.07, 6.45) is 1.45. The van der Waals surface area contributed by atoms with Gasteiger partial charge in [-0.15, -0.1) is 0 Å². The van der Waals surface area contributed by atoms with Gasteiger partial charge in [0, 0.05) is 19.3 Å². The molecule has 1 aromatic rings. The lowest BCUT2D eigenvalue weighted by atomic mass is 10.2. The zero-order valence-corrected chi connectivity index (χ0v) is 6.13. The maximum Gasteiger partial charge on any atom is 0.125 e. The van der Waals surface area contributed by atoms with E-state index in [9.17, 15) is 0 Å². The van der Waals surface area contributed by atoms with Crippen molar-refractivity contribution in [3.05, 3.63) is 17.8 Å². The molecule has 0 aliphatic carbocycles. The van der Waals surface area contributed by atoms with E-state index in [1.165, 1.54) is 6.20 Å². The van der Waals surface area contributed by atoms with Gasteiger partial charge in [0.1, 0.15) is 11.9 Å². The van der Waals surface area contributed by atoms with Crippen LogP contribution in [0.5, 0.6) is 0 Å². The van der Waals surface area contributed by atoms with Crippen molar-refractivity contribution in [1.82, 2.24) is 4.98 Å². The molecular weight excluding hydrogens is 140 g/mol. The van der Waals surface area contributed by atoms with Crippen LogP contribution in [-0.2, 0) is 0 Å². The number of aromatic nitrogens is 1. The van der Waals surface area contributed by atoms with Crippen LogP contribution in [0, 0.1) is 11.3 Å². The van der Waals surface area contributed by atoms with E-state index in [0.717, 1.165) is 0 Å². The summed E-state index contributed by atoms with van der Waals surface area (Å²) in [7, 11) is 1.73. The Balaban J connectivity index is 3.19. The van der Waals surface area contributed by atoms with Gasteiger partial charge in [-0.3, -0.25) is 0 Å². The molecule has 0 unspecified atom stereocenters. The number of anilines is 2. The van der Waals surface area contributed by atoms with Gasteiger partial charge in [-0.05, 0) is 0 Å². The zero-order chi connectivity index (χ0) is 8.27. The number of hydrogen-bond acceptors (Lipinski definition) is 4. The SMILES string of the molecule is CNc1cc(N)ncc1C#N. The topological polar surface area (TPSA) is 74.7 Å². The molecule has 56 valence electrons. The molecule has 0 amide bonds. The Kier molecular flexibility index (Phi) is 1.93. The second-order valence-electron chi connectivity index (χ2n) is 2.02. The number of rotatable bonds is 1. The highest BCUT2D eigenvalue weighted by Crippen LogP contribution is 2.14. The third-order valence-electron chi connectivity index (χ3n) is 1.31. The largest absolute Gasteiger partial charge is 0.387 e. The number of pyridine rings is 1. The van der Waals surface area contributed by atoms with Crippen molar-refractivity contribution in [2.24, 2.45) is 0 Å². The first-order chi connectivity index (χ1) is 5.27. The van der Waals surface area contributed by atoms with Gasteiger partial charge < -0.3 is 11.1 Å². The Morgan fingerprint density at radius 1 is 1.73 bits per heavy atom. The maximum atomic E-state index is 8.57. The highest BCUT2D eigenvalue weighted by atomic mass is 14.9. The molecule has 1 aromatic heterocycles. The fraction of sp³-hybridized carbons (Fsp3) is 0.143. The molecule has 0 aliphatic rings. The van der Waals surface area contributed by atoms with E-state index in [2.05, 4.69) is 10.3 Å². The molecule has 0 atom stereocenters. The Labute approximate surface area is 64.7 Å². The molecule has 0 aliphatic heterocycles. The van der Waals surface area contributed by atoms with Crippen LogP contribution in [0.15, 0.2) is 12.3 Å². The molecule has 0 bridgehead atoms. The Bertz CT molecular complexity index is 300. The summed E-state index contributed by atoms with van der Waals surface area (Å²) in [6, 6.07) is 3.62. The maximum absolute atomic E-state index is 8.57. The highest BCUT2D eigenvalue weighted by Gasteiger charge is 1.99. The summed E-state index contributed by atoms with van der Waals surface area (Å²) in [5.74, 6) is 0.411. The fourth-order valence-electron chi connectivity index (χ4n) is 0.767. The molecule has 0 radical (unpaired) electrons. The molecular formula is C7H8N4. The van der Waals surface area contributed by atoms with E-state index in [0.29, 0.717) is 17.1 Å². The normalized spacial score (nSPS) is 8.73. The van der Waals surface area contributed by atoms with Crippen LogP contribution in [0.4, 0.5) is 11.5 Å². The summed E-state index contributed by atoms with van der Waals surface area (Å²) < 4.78 is 0. The first kappa shape index (κ1) is 7.35. The molecule has 3 N–H and O–H groups in total. The monoisotopic (exact) mass is 148 g/mol. The van der Waals surface area contributed by atoms with E-state index >= 15 is 0 Å². The molecule has 0 saturated carbocycles. The van der Waals surface area contributed by atoms with E-state index in [4.69, 9.17) is 11.0 Å². The zero-order valence-electron chi connectivity index (χ0n) is 6.13. The van der Waals surface area contributed by atoms with Gasteiger partial charge in [0.2, 0.25) is 0 Å². The van der Waals surface area contributed by atoms with Crippen LogP contribution in [0.2, 0.25) is 0 Å². The number of nitrogens with two attached hydrogens (primary N) is 1. The van der Waals surface area contributed by atoms with Crippen molar-refractivity contribution < 1.29 is 0 Å². The predicted octanol–water partition coefficient (Wildman–Crippen LogP) is 0.577. The van der Waals surface area contributed by atoms with Gasteiger partial charge in [0.05, 0.1) is 11.3 Å². The molecule has 0 spiro atoms. The van der Waals surface area contributed by atoms with Crippen molar-refractivity contribution in [3.8, 4) is 6.07 Å². The molecule has 11 heavy (non-hydrogen) atoms. The third kappa shape index (κ3) is 1.38. The molecule has 4 heteroatoms. The molecule has 1 rings (SSSR count). The van der Waals surface area contributed by atoms with Crippen LogP contribution in [0.1, 0.15) is 5.56 Å². The molecule has 0 aromatic carbocycles. The van der Waals surface area contributed by atoms with Gasteiger partial charge in [-0.25, -0.2) is 4.98 Å². The molecule has 0 fully saturated rings. The second-order valence-corrected chi connectivity index (χ2v) is 2.02. The van der Waals surface area contributed by atoms with Crippen molar-refractivity contribution in [2.75, 3.05) is 18.1 Å². The van der Waals surface area contributed by atoms with Gasteiger partial charge in [0.25, 0.3) is 0 Å². The minimum atomic E-state index is 0.411. The number of nitrogens with one attached hydrogen (secondary N) is 1. The average molecular weight is 148 g/mol. The quantitative estimate of drug-likeness (QED) is 0.610. The van der Waals surface area contributed by atoms with E-state index in [-0.39, 0.29) is 0 Å². The lowest BCUT2D eigenvalue weighted by Crippen LogP contribution is -1.96. The van der Waals surface area contributed by atoms with Crippen molar-refractivity contribution in [1.29, 1.82) is 5.26 Å². The summed E-state index contributed by atoms with van der Waals surface area (Å²) in [4.78, 5) is 3.77. The van der Waals surface area contributed by atoms with Crippen molar-refractivity contribution in [3.63, 3.8) is 0 Å². The highest BCUT2D eigenvalue weighted by molar-refractivity contribution is 5.60. The van der Waals surface area contributed by atoms with Gasteiger partial charge in [-0.1, -0.05) is 0 Å². The lowest BCUT2D eigenvalue weighted by Gasteiger charge is -2.01. The first-order valence-corrected chi connectivity index (χ1v) is 3.11. The smallest absolute Gasteiger partial charge is 0.125 e. The Morgan fingerprint density at radius 2 is 2.45 bits per heavy atom. The first-order valence-electron chi connectivity index (χ1n) is 3.11. The van der Waals surface area contributed by atoms with Crippen LogP contribution in [-0.4, -0.2) is 12.0 Å². The summed E-state index contributed by atoms with van der Waals surface area (Å²) in [5.41, 5.74) is 6.61. The van der Waals surface area contributed by atoms with Crippen LogP contribution in [0.25, 0.3) is 0 Å². The van der Waals surface area contributed by atoms with Gasteiger partial charge >= 0.3 is 0 Å². The number of hydrogen-bond donors (Lipinski definition) is 2. The second kappa shape index (κ2) is 2.88. The van der Waals surface area contributed by atoms with Crippen molar-refractivity contribution >= 4 is 11.5 Å². The third-order valence-corrected chi connectivity index (χ3v) is 1.31. The molecule has 4 nitrogen and oxygen atoms in total. The Morgan fingerprint density at radius 3 is 3.00 bits per heavy atom. The van der Waals surface area contributed by atoms with Crippen LogP contribution in [0.3, 0.4) is 0 Å².